The Hall–Kier alpha value is -0.240. The lowest BCUT2D eigenvalue weighted by Gasteiger charge is -2.58. The van der Waals surface area contributed by atoms with Gasteiger partial charge in [-0.3, -0.25) is 4.90 Å². The van der Waals surface area contributed by atoms with Crippen molar-refractivity contribution in [2.24, 2.45) is 28.6 Å². The molecule has 3 saturated carbocycles. The van der Waals surface area contributed by atoms with E-state index in [9.17, 15) is 10.2 Å². The molecule has 0 unspecified atom stereocenters. The fraction of sp³-hybridized carbons (Fsp3) is 0.846. The van der Waals surface area contributed by atoms with Gasteiger partial charge in [-0.25, -0.2) is 0 Å². The Bertz CT molecular complexity index is 754. The van der Waals surface area contributed by atoms with Crippen LogP contribution in [0.1, 0.15) is 65.2 Å². The Morgan fingerprint density at radius 1 is 1.06 bits per heavy atom. The van der Waals surface area contributed by atoms with Gasteiger partial charge in [-0.15, -0.1) is 23.2 Å². The molecule has 4 rings (SSSR count). The van der Waals surface area contributed by atoms with Crippen molar-refractivity contribution in [3.63, 3.8) is 0 Å². The number of hydrogen-bond acceptors (Lipinski definition) is 3. The van der Waals surface area contributed by atoms with Gasteiger partial charge in [0.2, 0.25) is 0 Å². The number of allylic oxidation sites excluding steroid dienone is 1. The molecule has 0 spiro atoms. The maximum Gasteiger partial charge on any atom is 0.131 e. The van der Waals surface area contributed by atoms with Crippen LogP contribution in [0.5, 0.6) is 0 Å². The molecule has 0 amide bonds. The topological polar surface area (TPSA) is 43.7 Å². The second kappa shape index (κ2) is 9.19. The van der Waals surface area contributed by atoms with E-state index >= 15 is 0 Å². The van der Waals surface area contributed by atoms with Crippen LogP contribution in [-0.2, 0) is 0 Å². The lowest BCUT2D eigenvalue weighted by atomic mass is 9.47. The van der Waals surface area contributed by atoms with Gasteiger partial charge in [-0.1, -0.05) is 37.3 Å². The predicted molar refractivity (Wildman–Crippen MR) is 128 cm³/mol. The lowest BCUT2D eigenvalue weighted by Crippen LogP contribution is -2.54. The summed E-state index contributed by atoms with van der Waals surface area (Å²) in [5, 5.41) is 21.9. The molecule has 0 aliphatic heterocycles. The van der Waals surface area contributed by atoms with Crippen molar-refractivity contribution in [3.8, 4) is 11.8 Å². The summed E-state index contributed by atoms with van der Waals surface area (Å²) in [7, 11) is 0. The van der Waals surface area contributed by atoms with E-state index in [1.807, 2.05) is 0 Å². The van der Waals surface area contributed by atoms with E-state index in [2.05, 4.69) is 36.7 Å². The van der Waals surface area contributed by atoms with E-state index in [0.717, 1.165) is 64.5 Å². The zero-order valence-corrected chi connectivity index (χ0v) is 20.7. The highest BCUT2D eigenvalue weighted by molar-refractivity contribution is 6.18. The van der Waals surface area contributed by atoms with E-state index in [0.29, 0.717) is 36.1 Å². The SMILES string of the molecule is C[C@]12CC[C@H](O)CC1=CC[C@@H]1[C@@H]2CC[C@@]2(C)[C@H]1CC[C@@]2(O)C#CCN(CCCl)CCCl. The fourth-order valence-electron chi connectivity index (χ4n) is 7.67. The highest BCUT2D eigenvalue weighted by Crippen LogP contribution is 2.67. The third-order valence-corrected chi connectivity index (χ3v) is 9.97. The van der Waals surface area contributed by atoms with Crippen LogP contribution in [0.3, 0.4) is 0 Å². The Morgan fingerprint density at radius 3 is 2.48 bits per heavy atom. The highest BCUT2D eigenvalue weighted by Gasteiger charge is 2.63. The largest absolute Gasteiger partial charge is 0.393 e. The number of halogens is 2. The average molecular weight is 469 g/mol. The van der Waals surface area contributed by atoms with Gasteiger partial charge in [-0.05, 0) is 74.5 Å². The van der Waals surface area contributed by atoms with Crippen molar-refractivity contribution in [3.05, 3.63) is 11.6 Å². The molecule has 31 heavy (non-hydrogen) atoms. The normalized spacial score (nSPS) is 44.0. The smallest absolute Gasteiger partial charge is 0.131 e. The molecule has 0 radical (unpaired) electrons. The Labute approximate surface area is 198 Å². The van der Waals surface area contributed by atoms with Crippen LogP contribution in [0.4, 0.5) is 0 Å². The summed E-state index contributed by atoms with van der Waals surface area (Å²) in [6.45, 7) is 6.91. The molecule has 4 aliphatic rings. The zero-order chi connectivity index (χ0) is 22.3. The molecular formula is C26H39Cl2NO2. The summed E-state index contributed by atoms with van der Waals surface area (Å²) >= 11 is 11.8. The minimum Gasteiger partial charge on any atom is -0.393 e. The molecule has 5 heteroatoms. The predicted octanol–water partition coefficient (Wildman–Crippen LogP) is 4.82. The Kier molecular flexibility index (Phi) is 7.08. The van der Waals surface area contributed by atoms with Gasteiger partial charge < -0.3 is 10.2 Å². The Morgan fingerprint density at radius 2 is 1.77 bits per heavy atom. The minimum absolute atomic E-state index is 0.138. The third-order valence-electron chi connectivity index (χ3n) is 9.63. The molecule has 174 valence electrons. The van der Waals surface area contributed by atoms with Crippen molar-refractivity contribution in [2.45, 2.75) is 76.9 Å². The summed E-state index contributed by atoms with van der Waals surface area (Å²) < 4.78 is 0. The maximum absolute atomic E-state index is 11.7. The molecule has 3 fully saturated rings. The number of fused-ring (bicyclic) bond motifs is 5. The molecule has 4 aliphatic carbocycles. The summed E-state index contributed by atoms with van der Waals surface area (Å²) in [4.78, 5) is 2.16. The van der Waals surface area contributed by atoms with Crippen molar-refractivity contribution < 1.29 is 10.2 Å². The lowest BCUT2D eigenvalue weighted by molar-refractivity contribution is -0.0970. The van der Waals surface area contributed by atoms with Crippen LogP contribution in [0.2, 0.25) is 0 Å². The van der Waals surface area contributed by atoms with Gasteiger partial charge in [-0.2, -0.15) is 0 Å². The monoisotopic (exact) mass is 467 g/mol. The molecule has 0 aromatic carbocycles. The number of hydrogen-bond donors (Lipinski definition) is 2. The second-order valence-electron chi connectivity index (χ2n) is 11.0. The second-order valence-corrected chi connectivity index (χ2v) is 11.7. The van der Waals surface area contributed by atoms with Gasteiger partial charge >= 0.3 is 0 Å². The summed E-state index contributed by atoms with van der Waals surface area (Å²) in [6, 6.07) is 0. The first-order valence-electron chi connectivity index (χ1n) is 12.2. The molecule has 0 saturated heterocycles. The number of nitrogens with zero attached hydrogens (tertiary/aromatic N) is 1. The first kappa shape index (κ1) is 23.9. The molecule has 0 bridgehead atoms. The van der Waals surface area contributed by atoms with E-state index in [1.165, 1.54) is 5.57 Å². The number of alkyl halides is 2. The standard InChI is InChI=1S/C26H39Cl2NO2/c1-24-10-6-20(30)18-19(24)4-5-21-22(24)7-11-25(2)23(21)8-12-26(25,31)9-3-15-29(16-13-27)17-14-28/h4,20-23,30-31H,5-8,10-18H2,1-2H3/t20-,21+,22-,23-,24-,25-,26-/m0/s1. The van der Waals surface area contributed by atoms with Gasteiger partial charge in [0.25, 0.3) is 0 Å². The van der Waals surface area contributed by atoms with Crippen LogP contribution in [0, 0.1) is 40.4 Å². The van der Waals surface area contributed by atoms with Crippen molar-refractivity contribution in [1.29, 1.82) is 0 Å². The van der Waals surface area contributed by atoms with Gasteiger partial charge in [0.1, 0.15) is 5.60 Å². The zero-order valence-electron chi connectivity index (χ0n) is 19.2. The van der Waals surface area contributed by atoms with E-state index < -0.39 is 5.60 Å². The average Bonchev–Trinajstić information content (AvgIpc) is 3.00. The van der Waals surface area contributed by atoms with Crippen LogP contribution in [-0.4, -0.2) is 58.2 Å². The Balaban J connectivity index is 1.53. The molecule has 3 nitrogen and oxygen atoms in total. The third kappa shape index (κ3) is 4.10. The first-order chi connectivity index (χ1) is 14.8. The van der Waals surface area contributed by atoms with Crippen LogP contribution in [0.15, 0.2) is 11.6 Å². The van der Waals surface area contributed by atoms with E-state index in [1.54, 1.807) is 0 Å². The molecule has 0 aromatic heterocycles. The van der Waals surface area contributed by atoms with Crippen molar-refractivity contribution in [1.82, 2.24) is 4.90 Å². The van der Waals surface area contributed by atoms with Crippen LogP contribution < -0.4 is 0 Å². The van der Waals surface area contributed by atoms with E-state index in [-0.39, 0.29) is 16.9 Å². The maximum atomic E-state index is 11.7. The minimum atomic E-state index is -0.899. The van der Waals surface area contributed by atoms with Crippen molar-refractivity contribution in [2.75, 3.05) is 31.4 Å². The van der Waals surface area contributed by atoms with Crippen LogP contribution in [0.25, 0.3) is 0 Å². The summed E-state index contributed by atoms with van der Waals surface area (Å²) in [5.74, 6) is 9.60. The van der Waals surface area contributed by atoms with Crippen molar-refractivity contribution >= 4 is 23.2 Å². The summed E-state index contributed by atoms with van der Waals surface area (Å²) in [5.41, 5.74) is 0.701. The molecule has 7 atom stereocenters. The van der Waals surface area contributed by atoms with E-state index in [4.69, 9.17) is 23.2 Å². The fourth-order valence-corrected chi connectivity index (χ4v) is 8.15. The number of aliphatic hydroxyl groups excluding tert-OH is 1. The van der Waals surface area contributed by atoms with Gasteiger partial charge in [0.15, 0.2) is 0 Å². The number of aliphatic hydroxyl groups is 2. The summed E-state index contributed by atoms with van der Waals surface area (Å²) in [6.07, 6.45) is 10.3. The molecule has 0 heterocycles. The molecular weight excluding hydrogens is 429 g/mol. The number of rotatable bonds is 5. The van der Waals surface area contributed by atoms with Crippen LogP contribution >= 0.6 is 23.2 Å². The molecule has 2 N–H and O–H groups in total. The highest BCUT2D eigenvalue weighted by atomic mass is 35.5. The quantitative estimate of drug-likeness (QED) is 0.345. The van der Waals surface area contributed by atoms with Gasteiger partial charge in [0.05, 0.1) is 12.6 Å². The first-order valence-corrected chi connectivity index (χ1v) is 13.3. The molecule has 0 aromatic rings. The van der Waals surface area contributed by atoms with Gasteiger partial charge in [0, 0.05) is 30.3 Å².